The van der Waals surface area contributed by atoms with Crippen LogP contribution in [0.3, 0.4) is 0 Å². The molecule has 1 aliphatic heterocycles. The average Bonchev–Trinajstić information content (AvgIpc) is 2.88. The fraction of sp³-hybridized carbons (Fsp3) is 0.241. The van der Waals surface area contributed by atoms with Gasteiger partial charge in [0.1, 0.15) is 12.4 Å². The minimum atomic E-state index is -0.426. The summed E-state index contributed by atoms with van der Waals surface area (Å²) < 4.78 is 10.9. The minimum absolute atomic E-state index is 0.0435. The van der Waals surface area contributed by atoms with E-state index < -0.39 is 5.92 Å². The van der Waals surface area contributed by atoms with Crippen LogP contribution in [0.5, 0.6) is 5.75 Å². The van der Waals surface area contributed by atoms with Crippen LogP contribution in [0.25, 0.3) is 5.70 Å². The molecule has 0 spiro atoms. The highest BCUT2D eigenvalue weighted by molar-refractivity contribution is 5.89. The van der Waals surface area contributed by atoms with Crippen LogP contribution in [0.15, 0.2) is 91.0 Å². The van der Waals surface area contributed by atoms with E-state index in [4.69, 9.17) is 9.47 Å². The van der Waals surface area contributed by atoms with Crippen molar-refractivity contribution in [2.45, 2.75) is 32.4 Å². The van der Waals surface area contributed by atoms with Gasteiger partial charge in [0.2, 0.25) is 5.91 Å². The lowest BCUT2D eigenvalue weighted by atomic mass is 9.95. The summed E-state index contributed by atoms with van der Waals surface area (Å²) in [6.07, 6.45) is 3.49. The number of esters is 1. The van der Waals surface area contributed by atoms with E-state index in [1.165, 1.54) is 0 Å². The zero-order valence-corrected chi connectivity index (χ0v) is 19.4. The van der Waals surface area contributed by atoms with Crippen molar-refractivity contribution in [2.24, 2.45) is 5.92 Å². The van der Waals surface area contributed by atoms with Gasteiger partial charge < -0.3 is 14.4 Å². The van der Waals surface area contributed by atoms with E-state index in [0.29, 0.717) is 25.8 Å². The first kappa shape index (κ1) is 23.3. The van der Waals surface area contributed by atoms with Crippen LogP contribution in [0.4, 0.5) is 0 Å². The number of methoxy groups -OCH3 is 1. The largest absolute Gasteiger partial charge is 0.497 e. The van der Waals surface area contributed by atoms with E-state index in [2.05, 4.69) is 0 Å². The van der Waals surface area contributed by atoms with Crippen molar-refractivity contribution in [1.29, 1.82) is 0 Å². The molecule has 0 saturated heterocycles. The van der Waals surface area contributed by atoms with E-state index >= 15 is 0 Å². The summed E-state index contributed by atoms with van der Waals surface area (Å²) in [6, 6.07) is 27.1. The van der Waals surface area contributed by atoms with Crippen molar-refractivity contribution in [2.75, 3.05) is 7.11 Å². The van der Waals surface area contributed by atoms with E-state index in [9.17, 15) is 9.59 Å². The van der Waals surface area contributed by atoms with Crippen LogP contribution in [0.2, 0.25) is 0 Å². The van der Waals surface area contributed by atoms with Crippen LogP contribution in [0, 0.1) is 5.92 Å². The smallest absolute Gasteiger partial charge is 0.313 e. The first-order valence-electron chi connectivity index (χ1n) is 11.5. The third kappa shape index (κ3) is 5.93. The molecule has 4 rings (SSSR count). The fourth-order valence-corrected chi connectivity index (χ4v) is 4.08. The molecule has 0 saturated carbocycles. The second-order valence-corrected chi connectivity index (χ2v) is 8.34. The van der Waals surface area contributed by atoms with Crippen molar-refractivity contribution in [1.82, 2.24) is 4.90 Å². The first-order chi connectivity index (χ1) is 16.6. The first-order valence-corrected chi connectivity index (χ1v) is 11.5. The summed E-state index contributed by atoms with van der Waals surface area (Å²) in [6.45, 7) is 0.647. The summed E-state index contributed by atoms with van der Waals surface area (Å²) in [7, 11) is 1.63. The van der Waals surface area contributed by atoms with Gasteiger partial charge in [0.25, 0.3) is 0 Å². The van der Waals surface area contributed by atoms with Crippen LogP contribution in [0.1, 0.15) is 36.0 Å². The predicted molar refractivity (Wildman–Crippen MR) is 132 cm³/mol. The Balaban J connectivity index is 1.63. The lowest BCUT2D eigenvalue weighted by Crippen LogP contribution is -2.32. The summed E-state index contributed by atoms with van der Waals surface area (Å²) in [5.74, 6) is 0.117. The normalized spacial score (nSPS) is 17.8. The zero-order chi connectivity index (χ0) is 23.8. The molecule has 5 nitrogen and oxygen atoms in total. The summed E-state index contributed by atoms with van der Waals surface area (Å²) >= 11 is 0. The molecular weight excluding hydrogens is 426 g/mol. The molecule has 0 aromatic heterocycles. The number of carbonyl (C=O) groups excluding carboxylic acids is 2. The van der Waals surface area contributed by atoms with Gasteiger partial charge in [-0.15, -0.1) is 0 Å². The Hall–Kier alpha value is -3.86. The maximum atomic E-state index is 13.2. The lowest BCUT2D eigenvalue weighted by molar-refractivity contribution is -0.148. The number of rotatable bonds is 7. The summed E-state index contributed by atoms with van der Waals surface area (Å²) in [5, 5.41) is 0. The van der Waals surface area contributed by atoms with Gasteiger partial charge in [0, 0.05) is 12.1 Å². The number of amides is 1. The number of carbonyl (C=O) groups is 2. The molecule has 5 heteroatoms. The van der Waals surface area contributed by atoms with Crippen molar-refractivity contribution < 1.29 is 19.1 Å². The molecule has 1 amide bonds. The summed E-state index contributed by atoms with van der Waals surface area (Å²) in [5.41, 5.74) is 3.57. The van der Waals surface area contributed by atoms with E-state index in [-0.39, 0.29) is 18.5 Å². The van der Waals surface area contributed by atoms with Gasteiger partial charge >= 0.3 is 5.97 Å². The van der Waals surface area contributed by atoms with Gasteiger partial charge in [0.15, 0.2) is 0 Å². The second kappa shape index (κ2) is 11.3. The third-order valence-corrected chi connectivity index (χ3v) is 5.95. The van der Waals surface area contributed by atoms with Crippen LogP contribution in [-0.2, 0) is 27.5 Å². The van der Waals surface area contributed by atoms with Gasteiger partial charge in [-0.25, -0.2) is 0 Å². The Bertz CT molecular complexity index is 1120. The van der Waals surface area contributed by atoms with E-state index in [1.807, 2.05) is 91.0 Å². The Morgan fingerprint density at radius 2 is 1.59 bits per heavy atom. The highest BCUT2D eigenvalue weighted by atomic mass is 16.5. The highest BCUT2D eigenvalue weighted by Gasteiger charge is 2.27. The number of hydrogen-bond donors (Lipinski definition) is 0. The fourth-order valence-electron chi connectivity index (χ4n) is 4.08. The molecule has 0 aliphatic carbocycles. The second-order valence-electron chi connectivity index (χ2n) is 8.34. The molecule has 174 valence electrons. The lowest BCUT2D eigenvalue weighted by Gasteiger charge is -2.29. The van der Waals surface area contributed by atoms with Crippen LogP contribution >= 0.6 is 0 Å². The van der Waals surface area contributed by atoms with E-state index in [1.54, 1.807) is 12.0 Å². The predicted octanol–water partition coefficient (Wildman–Crippen LogP) is 5.61. The molecule has 1 atom stereocenters. The molecule has 1 aliphatic rings. The number of benzene rings is 3. The Labute approximate surface area is 200 Å². The monoisotopic (exact) mass is 455 g/mol. The number of ether oxygens (including phenoxy) is 2. The SMILES string of the molecule is COc1ccc(CN2C(=O)CCCC(C(=O)OCc3ccccc3)/C=C\2c2ccccc2)cc1. The van der Waals surface area contributed by atoms with Crippen molar-refractivity contribution in [3.63, 3.8) is 0 Å². The van der Waals surface area contributed by atoms with Crippen molar-refractivity contribution >= 4 is 17.6 Å². The third-order valence-electron chi connectivity index (χ3n) is 5.95. The molecule has 0 radical (unpaired) electrons. The van der Waals surface area contributed by atoms with Crippen molar-refractivity contribution in [3.8, 4) is 5.75 Å². The van der Waals surface area contributed by atoms with Crippen LogP contribution in [-0.4, -0.2) is 23.9 Å². The molecule has 0 fully saturated rings. The average molecular weight is 456 g/mol. The maximum Gasteiger partial charge on any atom is 0.313 e. The molecule has 0 N–H and O–H groups in total. The zero-order valence-electron chi connectivity index (χ0n) is 19.4. The van der Waals surface area contributed by atoms with Crippen LogP contribution < -0.4 is 4.74 Å². The molecule has 34 heavy (non-hydrogen) atoms. The number of hydrogen-bond acceptors (Lipinski definition) is 4. The standard InChI is InChI=1S/C29H29NO4/c1-33-26-17-15-22(16-18-26)20-30-27(24-11-6-3-7-12-24)19-25(13-8-14-28(30)31)29(32)34-21-23-9-4-2-5-10-23/h2-7,9-12,15-19,25H,8,13-14,20-21H2,1H3/b27-19-. The quantitative estimate of drug-likeness (QED) is 0.435. The van der Waals surface area contributed by atoms with E-state index in [0.717, 1.165) is 28.1 Å². The summed E-state index contributed by atoms with van der Waals surface area (Å²) in [4.78, 5) is 28.0. The Morgan fingerprint density at radius 3 is 2.26 bits per heavy atom. The number of nitrogens with zero attached hydrogens (tertiary/aromatic N) is 1. The van der Waals surface area contributed by atoms with Gasteiger partial charge in [-0.05, 0) is 47.7 Å². The minimum Gasteiger partial charge on any atom is -0.497 e. The van der Waals surface area contributed by atoms with Gasteiger partial charge in [-0.3, -0.25) is 9.59 Å². The molecule has 3 aromatic carbocycles. The highest BCUT2D eigenvalue weighted by Crippen LogP contribution is 2.30. The Morgan fingerprint density at radius 1 is 0.912 bits per heavy atom. The molecule has 3 aromatic rings. The molecular formula is C29H29NO4. The van der Waals surface area contributed by atoms with Gasteiger partial charge in [-0.1, -0.05) is 72.8 Å². The van der Waals surface area contributed by atoms with Gasteiger partial charge in [0.05, 0.1) is 19.6 Å². The maximum absolute atomic E-state index is 13.2. The van der Waals surface area contributed by atoms with Crippen molar-refractivity contribution in [3.05, 3.63) is 108 Å². The Kier molecular flexibility index (Phi) is 7.76. The molecule has 0 bridgehead atoms. The molecule has 1 heterocycles. The molecule has 1 unspecified atom stereocenters. The topological polar surface area (TPSA) is 55.8 Å². The van der Waals surface area contributed by atoms with Gasteiger partial charge in [-0.2, -0.15) is 0 Å².